The normalized spacial score (nSPS) is 10.1. The van der Waals surface area contributed by atoms with Gasteiger partial charge in [-0.15, -0.1) is 0 Å². The molecule has 8 nitrogen and oxygen atoms in total. The van der Waals surface area contributed by atoms with E-state index in [1.54, 1.807) is 12.1 Å². The molecule has 0 aliphatic rings. The second kappa shape index (κ2) is 11.6. The molecule has 0 heterocycles. The molecule has 8 heteroatoms. The van der Waals surface area contributed by atoms with Crippen molar-refractivity contribution in [1.29, 1.82) is 5.26 Å². The first-order chi connectivity index (χ1) is 15.4. The maximum absolute atomic E-state index is 12.8. The van der Waals surface area contributed by atoms with Crippen LogP contribution in [-0.4, -0.2) is 46.6 Å². The van der Waals surface area contributed by atoms with E-state index < -0.39 is 0 Å². The largest absolute Gasteiger partial charge is 0.493 e. The van der Waals surface area contributed by atoms with Gasteiger partial charge in [-0.05, 0) is 30.7 Å². The third kappa shape index (κ3) is 5.49. The zero-order valence-corrected chi connectivity index (χ0v) is 18.9. The lowest BCUT2D eigenvalue weighted by Crippen LogP contribution is -2.08. The number of hydrogen-bond acceptors (Lipinski definition) is 8. The minimum absolute atomic E-state index is 0.0320. The van der Waals surface area contributed by atoms with Gasteiger partial charge in [0.1, 0.15) is 6.07 Å². The Morgan fingerprint density at radius 1 is 0.781 bits per heavy atom. The van der Waals surface area contributed by atoms with Crippen molar-refractivity contribution < 1.29 is 33.3 Å². The van der Waals surface area contributed by atoms with Gasteiger partial charge in [0.15, 0.2) is 34.6 Å². The highest BCUT2D eigenvalue weighted by Gasteiger charge is 2.20. The first kappa shape index (κ1) is 24.5. The number of methoxy groups -OCH3 is 4. The van der Waals surface area contributed by atoms with Gasteiger partial charge in [0, 0.05) is 24.0 Å². The second-order valence-electron chi connectivity index (χ2n) is 6.78. The molecule has 170 valence electrons. The molecule has 0 atom stereocenters. The molecule has 32 heavy (non-hydrogen) atoms. The van der Waals surface area contributed by atoms with E-state index in [2.05, 4.69) is 0 Å². The highest BCUT2D eigenvalue weighted by Crippen LogP contribution is 2.38. The molecule has 0 spiro atoms. The molecule has 0 radical (unpaired) electrons. The van der Waals surface area contributed by atoms with Crippen LogP contribution >= 0.6 is 0 Å². The Morgan fingerprint density at radius 2 is 1.25 bits per heavy atom. The minimum atomic E-state index is -0.289. The summed E-state index contributed by atoms with van der Waals surface area (Å²) in [6, 6.07) is 8.11. The van der Waals surface area contributed by atoms with Crippen molar-refractivity contribution in [1.82, 2.24) is 0 Å². The van der Waals surface area contributed by atoms with E-state index in [1.807, 2.05) is 13.0 Å². The molecular formula is C24H27NO7. The lowest BCUT2D eigenvalue weighted by Gasteiger charge is -2.14. The molecule has 0 bridgehead atoms. The molecule has 0 N–H and O–H groups in total. The Morgan fingerprint density at radius 3 is 1.66 bits per heavy atom. The fourth-order valence-electron chi connectivity index (χ4n) is 3.11. The quantitative estimate of drug-likeness (QED) is 0.451. The van der Waals surface area contributed by atoms with Gasteiger partial charge in [-0.25, -0.2) is 0 Å². The third-order valence-corrected chi connectivity index (χ3v) is 4.73. The van der Waals surface area contributed by atoms with Crippen molar-refractivity contribution >= 4 is 11.6 Å². The predicted molar refractivity (Wildman–Crippen MR) is 117 cm³/mol. The number of carbonyl (C=O) groups is 2. The van der Waals surface area contributed by atoms with Gasteiger partial charge in [-0.3, -0.25) is 9.59 Å². The van der Waals surface area contributed by atoms with E-state index in [1.165, 1.54) is 40.6 Å². The van der Waals surface area contributed by atoms with Gasteiger partial charge in [0.25, 0.3) is 0 Å². The van der Waals surface area contributed by atoms with Crippen LogP contribution in [0, 0.1) is 11.3 Å². The molecule has 2 aromatic rings. The van der Waals surface area contributed by atoms with Gasteiger partial charge >= 0.3 is 0 Å². The van der Waals surface area contributed by atoms with Crippen LogP contribution in [0.15, 0.2) is 24.3 Å². The molecule has 0 aliphatic heterocycles. The van der Waals surface area contributed by atoms with Crippen molar-refractivity contribution in [3.05, 3.63) is 41.0 Å². The van der Waals surface area contributed by atoms with E-state index in [0.29, 0.717) is 40.9 Å². The van der Waals surface area contributed by atoms with Crippen molar-refractivity contribution in [2.75, 3.05) is 35.0 Å². The molecule has 2 rings (SSSR count). The molecule has 0 aromatic heterocycles. The first-order valence-corrected chi connectivity index (χ1v) is 10.0. The van der Waals surface area contributed by atoms with Gasteiger partial charge in [0.2, 0.25) is 5.75 Å². The van der Waals surface area contributed by atoms with Crippen molar-refractivity contribution in [3.8, 4) is 34.8 Å². The van der Waals surface area contributed by atoms with Crippen LogP contribution in [0.5, 0.6) is 28.7 Å². The standard InChI is InChI=1S/C24H27NO7/c1-6-9-32-23-17(14-25)10-15(11-20(23)28-2)18(26)7-8-19(27)16-12-21(29-3)24(31-5)22(13-16)30-4/h10-13H,6-9H2,1-5H3. The van der Waals surface area contributed by atoms with E-state index in [9.17, 15) is 14.9 Å². The lowest BCUT2D eigenvalue weighted by atomic mass is 9.99. The zero-order valence-electron chi connectivity index (χ0n) is 18.9. The first-order valence-electron chi connectivity index (χ1n) is 10.0. The fourth-order valence-corrected chi connectivity index (χ4v) is 3.11. The monoisotopic (exact) mass is 441 g/mol. The van der Waals surface area contributed by atoms with Crippen LogP contribution in [0.1, 0.15) is 52.5 Å². The van der Waals surface area contributed by atoms with Gasteiger partial charge < -0.3 is 23.7 Å². The SMILES string of the molecule is CCCOc1c(C#N)cc(C(=O)CCC(=O)c2cc(OC)c(OC)c(OC)c2)cc1OC. The average molecular weight is 441 g/mol. The van der Waals surface area contributed by atoms with Gasteiger partial charge in [0.05, 0.1) is 40.6 Å². The summed E-state index contributed by atoms with van der Waals surface area (Å²) in [5, 5.41) is 9.47. The Balaban J connectivity index is 2.22. The van der Waals surface area contributed by atoms with Crippen molar-refractivity contribution in [2.24, 2.45) is 0 Å². The molecule has 0 amide bonds. The van der Waals surface area contributed by atoms with E-state index >= 15 is 0 Å². The minimum Gasteiger partial charge on any atom is -0.493 e. The zero-order chi connectivity index (χ0) is 23.7. The maximum Gasteiger partial charge on any atom is 0.203 e. The highest BCUT2D eigenvalue weighted by molar-refractivity contribution is 6.03. The maximum atomic E-state index is 12.8. The van der Waals surface area contributed by atoms with Crippen LogP contribution in [0.25, 0.3) is 0 Å². The summed E-state index contributed by atoms with van der Waals surface area (Å²) in [6.45, 7) is 2.36. The van der Waals surface area contributed by atoms with Crippen molar-refractivity contribution in [2.45, 2.75) is 26.2 Å². The van der Waals surface area contributed by atoms with Gasteiger partial charge in [-0.1, -0.05) is 6.92 Å². The lowest BCUT2D eigenvalue weighted by molar-refractivity contribution is 0.0917. The van der Waals surface area contributed by atoms with Crippen LogP contribution in [0.4, 0.5) is 0 Å². The number of benzene rings is 2. The fraction of sp³-hybridized carbons (Fsp3) is 0.375. The molecule has 0 saturated heterocycles. The average Bonchev–Trinajstić information content (AvgIpc) is 2.83. The number of ether oxygens (including phenoxy) is 5. The summed E-state index contributed by atoms with van der Waals surface area (Å²) in [6.07, 6.45) is 0.687. The molecular weight excluding hydrogens is 414 g/mol. The number of rotatable bonds is 12. The number of carbonyl (C=O) groups excluding carboxylic acids is 2. The summed E-state index contributed by atoms with van der Waals surface area (Å²) in [7, 11) is 5.84. The summed E-state index contributed by atoms with van der Waals surface area (Å²) in [4.78, 5) is 25.5. The Labute approximate surface area is 187 Å². The summed E-state index contributed by atoms with van der Waals surface area (Å²) < 4.78 is 26.7. The van der Waals surface area contributed by atoms with Gasteiger partial charge in [-0.2, -0.15) is 5.26 Å². The van der Waals surface area contributed by atoms with Crippen LogP contribution < -0.4 is 23.7 Å². The van der Waals surface area contributed by atoms with Crippen LogP contribution in [0.3, 0.4) is 0 Å². The topological polar surface area (TPSA) is 104 Å². The Kier molecular flexibility index (Phi) is 8.90. The summed E-state index contributed by atoms with van der Waals surface area (Å²) >= 11 is 0. The van der Waals surface area contributed by atoms with Crippen molar-refractivity contribution in [3.63, 3.8) is 0 Å². The summed E-state index contributed by atoms with van der Waals surface area (Å²) in [5.74, 6) is 1.15. The molecule has 2 aromatic carbocycles. The van der Waals surface area contributed by atoms with E-state index in [4.69, 9.17) is 23.7 Å². The summed E-state index contributed by atoms with van der Waals surface area (Å²) in [5.41, 5.74) is 0.822. The number of hydrogen-bond donors (Lipinski definition) is 0. The molecule has 0 aliphatic carbocycles. The molecule has 0 fully saturated rings. The molecule has 0 unspecified atom stereocenters. The second-order valence-corrected chi connectivity index (χ2v) is 6.78. The number of ketones is 2. The Bertz CT molecular complexity index is 999. The van der Waals surface area contributed by atoms with Crippen LogP contribution in [0.2, 0.25) is 0 Å². The number of nitrogens with zero attached hydrogens (tertiary/aromatic N) is 1. The van der Waals surface area contributed by atoms with E-state index in [0.717, 1.165) is 6.42 Å². The highest BCUT2D eigenvalue weighted by atomic mass is 16.5. The third-order valence-electron chi connectivity index (χ3n) is 4.73. The van der Waals surface area contributed by atoms with E-state index in [-0.39, 0.29) is 35.5 Å². The number of nitriles is 1. The Hall–Kier alpha value is -3.73. The molecule has 0 saturated carbocycles. The smallest absolute Gasteiger partial charge is 0.203 e. The predicted octanol–water partition coefficient (Wildman–Crippen LogP) is 4.23. The van der Waals surface area contributed by atoms with Crippen LogP contribution in [-0.2, 0) is 0 Å². The number of Topliss-reactive ketones (excluding diaryl/α,β-unsaturated/α-hetero) is 2.